The number of anilines is 1. The Balaban J connectivity index is 1.80. The number of rotatable bonds is 8. The van der Waals surface area contributed by atoms with E-state index in [9.17, 15) is 13.2 Å². The highest BCUT2D eigenvalue weighted by atomic mass is 35.5. The Morgan fingerprint density at radius 1 is 0.867 bits per heavy atom. The minimum atomic E-state index is -3.85. The number of nitrogens with one attached hydrogen (secondary N) is 1. The van der Waals surface area contributed by atoms with E-state index in [0.717, 1.165) is 5.56 Å². The summed E-state index contributed by atoms with van der Waals surface area (Å²) in [5.41, 5.74) is 1.38. The van der Waals surface area contributed by atoms with Gasteiger partial charge in [0.15, 0.2) is 0 Å². The number of amides is 1. The zero-order chi connectivity index (χ0) is 21.6. The zero-order valence-electron chi connectivity index (χ0n) is 16.0. The first-order chi connectivity index (χ1) is 14.3. The zero-order valence-corrected chi connectivity index (χ0v) is 18.3. The van der Waals surface area contributed by atoms with Crippen molar-refractivity contribution >= 4 is 44.8 Å². The maximum Gasteiger partial charge on any atom is 0.243 e. The topological polar surface area (TPSA) is 66.5 Å². The Morgan fingerprint density at radius 3 is 2.03 bits per heavy atom. The smallest absolute Gasteiger partial charge is 0.243 e. The normalized spacial score (nSPS) is 11.4. The van der Waals surface area contributed by atoms with Gasteiger partial charge in [-0.2, -0.15) is 4.31 Å². The van der Waals surface area contributed by atoms with Crippen LogP contribution in [0.3, 0.4) is 0 Å². The summed E-state index contributed by atoms with van der Waals surface area (Å²) in [6.07, 6.45) is 0.475. The maximum atomic E-state index is 13.2. The summed E-state index contributed by atoms with van der Waals surface area (Å²) in [7, 11) is -3.85. The number of hydrogen-bond donors (Lipinski definition) is 1. The SMILES string of the molecule is O=C(CN(CCc1ccccc1)S(=O)(=O)c1ccccc1)Nc1cc(Cl)cc(Cl)c1. The van der Waals surface area contributed by atoms with Crippen LogP contribution in [0.25, 0.3) is 0 Å². The van der Waals surface area contributed by atoms with Crippen LogP contribution >= 0.6 is 23.2 Å². The molecule has 156 valence electrons. The van der Waals surface area contributed by atoms with Crippen LogP contribution in [0.1, 0.15) is 5.56 Å². The second kappa shape index (κ2) is 10.1. The van der Waals surface area contributed by atoms with E-state index in [1.54, 1.807) is 36.4 Å². The lowest BCUT2D eigenvalue weighted by atomic mass is 10.1. The first kappa shape index (κ1) is 22.3. The molecule has 0 bridgehead atoms. The monoisotopic (exact) mass is 462 g/mol. The summed E-state index contributed by atoms with van der Waals surface area (Å²) in [5, 5.41) is 3.40. The quantitative estimate of drug-likeness (QED) is 0.519. The van der Waals surface area contributed by atoms with Gasteiger partial charge >= 0.3 is 0 Å². The van der Waals surface area contributed by atoms with Crippen LogP contribution in [0.2, 0.25) is 10.0 Å². The van der Waals surface area contributed by atoms with Crippen molar-refractivity contribution in [1.82, 2.24) is 4.31 Å². The molecule has 1 amide bonds. The van der Waals surface area contributed by atoms with Crippen molar-refractivity contribution in [3.63, 3.8) is 0 Å². The number of nitrogens with zero attached hydrogens (tertiary/aromatic N) is 1. The number of carbonyl (C=O) groups is 1. The minimum absolute atomic E-state index is 0.136. The summed E-state index contributed by atoms with van der Waals surface area (Å²) in [6.45, 7) is -0.181. The molecular formula is C22H20Cl2N2O3S. The van der Waals surface area contributed by atoms with Gasteiger partial charge in [0.2, 0.25) is 15.9 Å². The molecule has 3 rings (SSSR count). The summed E-state index contributed by atoms with van der Waals surface area (Å²) in [5.74, 6) is -0.485. The van der Waals surface area contributed by atoms with Gasteiger partial charge in [0.05, 0.1) is 11.4 Å². The van der Waals surface area contributed by atoms with Gasteiger partial charge in [-0.1, -0.05) is 71.7 Å². The predicted octanol–water partition coefficient (Wildman–Crippen LogP) is 4.87. The highest BCUT2D eigenvalue weighted by Gasteiger charge is 2.26. The average Bonchev–Trinajstić information content (AvgIpc) is 2.71. The van der Waals surface area contributed by atoms with E-state index in [1.165, 1.54) is 16.4 Å². The first-order valence-electron chi connectivity index (χ1n) is 9.20. The molecule has 0 saturated heterocycles. The van der Waals surface area contributed by atoms with Gasteiger partial charge in [-0.3, -0.25) is 4.79 Å². The number of sulfonamides is 1. The highest BCUT2D eigenvalue weighted by molar-refractivity contribution is 7.89. The molecule has 0 aromatic heterocycles. The van der Waals surface area contributed by atoms with Gasteiger partial charge in [0, 0.05) is 22.3 Å². The summed E-state index contributed by atoms with van der Waals surface area (Å²) >= 11 is 11.9. The second-order valence-electron chi connectivity index (χ2n) is 6.59. The molecule has 0 aliphatic carbocycles. The molecule has 8 heteroatoms. The Morgan fingerprint density at radius 2 is 1.43 bits per heavy atom. The maximum absolute atomic E-state index is 13.2. The summed E-state index contributed by atoms with van der Waals surface area (Å²) in [6, 6.07) is 22.2. The molecule has 0 aliphatic heterocycles. The molecule has 0 saturated carbocycles. The summed E-state index contributed by atoms with van der Waals surface area (Å²) < 4.78 is 27.5. The Bertz CT molecular complexity index is 1090. The minimum Gasteiger partial charge on any atom is -0.325 e. The third kappa shape index (κ3) is 6.06. The van der Waals surface area contributed by atoms with Crippen LogP contribution in [-0.4, -0.2) is 31.7 Å². The van der Waals surface area contributed by atoms with E-state index >= 15 is 0 Å². The Kier molecular flexibility index (Phi) is 7.50. The number of carbonyl (C=O) groups excluding carboxylic acids is 1. The van der Waals surface area contributed by atoms with E-state index in [-0.39, 0.29) is 18.0 Å². The molecule has 3 aromatic carbocycles. The Hall–Kier alpha value is -2.38. The lowest BCUT2D eigenvalue weighted by Gasteiger charge is -2.22. The third-order valence-electron chi connectivity index (χ3n) is 4.34. The van der Waals surface area contributed by atoms with E-state index < -0.39 is 15.9 Å². The number of hydrogen-bond acceptors (Lipinski definition) is 3. The van der Waals surface area contributed by atoms with Crippen molar-refractivity contribution < 1.29 is 13.2 Å². The van der Waals surface area contributed by atoms with Gasteiger partial charge in [0.1, 0.15) is 0 Å². The lowest BCUT2D eigenvalue weighted by Crippen LogP contribution is -2.39. The van der Waals surface area contributed by atoms with Crippen molar-refractivity contribution in [3.05, 3.63) is 94.5 Å². The van der Waals surface area contributed by atoms with Crippen molar-refractivity contribution in [2.45, 2.75) is 11.3 Å². The molecule has 0 fully saturated rings. The van der Waals surface area contributed by atoms with Gasteiger partial charge in [-0.15, -0.1) is 0 Å². The lowest BCUT2D eigenvalue weighted by molar-refractivity contribution is -0.116. The summed E-state index contributed by atoms with van der Waals surface area (Å²) in [4.78, 5) is 12.8. The highest BCUT2D eigenvalue weighted by Crippen LogP contribution is 2.23. The van der Waals surface area contributed by atoms with Crippen LogP contribution in [0.4, 0.5) is 5.69 Å². The molecular weight excluding hydrogens is 443 g/mol. The third-order valence-corrected chi connectivity index (χ3v) is 6.64. The van der Waals surface area contributed by atoms with Gasteiger partial charge in [0.25, 0.3) is 0 Å². The molecule has 0 spiro atoms. The fourth-order valence-electron chi connectivity index (χ4n) is 2.91. The van der Waals surface area contributed by atoms with E-state index in [2.05, 4.69) is 5.32 Å². The van der Waals surface area contributed by atoms with Crippen LogP contribution < -0.4 is 5.32 Å². The average molecular weight is 463 g/mol. The molecule has 3 aromatic rings. The van der Waals surface area contributed by atoms with Crippen LogP contribution in [0, 0.1) is 0 Å². The molecule has 0 atom stereocenters. The molecule has 0 radical (unpaired) electrons. The van der Waals surface area contributed by atoms with E-state index in [1.807, 2.05) is 30.3 Å². The largest absolute Gasteiger partial charge is 0.325 e. The fourth-order valence-corrected chi connectivity index (χ4v) is 4.86. The predicted molar refractivity (Wildman–Crippen MR) is 120 cm³/mol. The fraction of sp³-hybridized carbons (Fsp3) is 0.136. The standard InChI is InChI=1S/C22H20Cl2N2O3S/c23-18-13-19(24)15-20(14-18)25-22(27)16-26(12-11-17-7-3-1-4-8-17)30(28,29)21-9-5-2-6-10-21/h1-10,13-15H,11-12,16H2,(H,25,27). The number of halogens is 2. The molecule has 0 unspecified atom stereocenters. The molecule has 1 N–H and O–H groups in total. The molecule has 5 nitrogen and oxygen atoms in total. The van der Waals surface area contributed by atoms with Crippen LogP contribution in [-0.2, 0) is 21.2 Å². The van der Waals surface area contributed by atoms with Gasteiger partial charge in [-0.25, -0.2) is 8.42 Å². The van der Waals surface area contributed by atoms with Crippen LogP contribution in [0.15, 0.2) is 83.8 Å². The molecule has 0 aliphatic rings. The van der Waals surface area contributed by atoms with Gasteiger partial charge < -0.3 is 5.32 Å². The number of benzene rings is 3. The van der Waals surface area contributed by atoms with Gasteiger partial charge in [-0.05, 0) is 42.3 Å². The van der Waals surface area contributed by atoms with Crippen molar-refractivity contribution in [1.29, 1.82) is 0 Å². The van der Waals surface area contributed by atoms with Crippen LogP contribution in [0.5, 0.6) is 0 Å². The second-order valence-corrected chi connectivity index (χ2v) is 9.40. The van der Waals surface area contributed by atoms with Crippen molar-refractivity contribution in [2.75, 3.05) is 18.4 Å². The molecule has 0 heterocycles. The molecule has 30 heavy (non-hydrogen) atoms. The van der Waals surface area contributed by atoms with E-state index in [0.29, 0.717) is 22.2 Å². The van der Waals surface area contributed by atoms with E-state index in [4.69, 9.17) is 23.2 Å². The van der Waals surface area contributed by atoms with Crippen molar-refractivity contribution in [2.24, 2.45) is 0 Å². The Labute approximate surface area is 186 Å². The first-order valence-corrected chi connectivity index (χ1v) is 11.4. The van der Waals surface area contributed by atoms with Crippen molar-refractivity contribution in [3.8, 4) is 0 Å².